The number of benzene rings is 2. The Balaban J connectivity index is 1.86. The third-order valence-corrected chi connectivity index (χ3v) is 5.37. The summed E-state index contributed by atoms with van der Waals surface area (Å²) in [5.41, 5.74) is 1.02. The van der Waals surface area contributed by atoms with E-state index in [9.17, 15) is 15.2 Å². The van der Waals surface area contributed by atoms with Crippen molar-refractivity contribution in [1.29, 1.82) is 0 Å². The molecule has 2 heterocycles. The second-order valence-electron chi connectivity index (χ2n) is 6.95. The highest BCUT2D eigenvalue weighted by Gasteiger charge is 2.18. The molecule has 0 aliphatic rings. The quantitative estimate of drug-likeness (QED) is 0.246. The number of aromatic hydroxyl groups is 1. The van der Waals surface area contributed by atoms with Crippen molar-refractivity contribution in [2.24, 2.45) is 10.1 Å². The van der Waals surface area contributed by atoms with Gasteiger partial charge in [-0.2, -0.15) is 5.10 Å². The summed E-state index contributed by atoms with van der Waals surface area (Å²) in [5.74, 6) is 0.0858. The maximum atomic E-state index is 11.2. The predicted molar refractivity (Wildman–Crippen MR) is 121 cm³/mol. The van der Waals surface area contributed by atoms with Crippen LogP contribution >= 0.6 is 22.9 Å². The second-order valence-corrected chi connectivity index (χ2v) is 8.22. The number of thiazole rings is 1. The Bertz CT molecular complexity index is 1350. The first kappa shape index (κ1) is 20.8. The summed E-state index contributed by atoms with van der Waals surface area (Å²) >= 11 is 7.37. The van der Waals surface area contributed by atoms with Crippen molar-refractivity contribution in [3.8, 4) is 17.2 Å². The lowest BCUT2D eigenvalue weighted by molar-refractivity contribution is -0.385. The molecule has 1 N–H and O–H groups in total. The van der Waals surface area contributed by atoms with Crippen molar-refractivity contribution in [3.63, 3.8) is 0 Å². The van der Waals surface area contributed by atoms with Gasteiger partial charge in [0.05, 0.1) is 11.1 Å². The maximum Gasteiger partial charge on any atom is 0.312 e. The van der Waals surface area contributed by atoms with Crippen molar-refractivity contribution >= 4 is 45.8 Å². The molecular weight excluding hydrogens is 440 g/mol. The Hall–Kier alpha value is -3.43. The van der Waals surface area contributed by atoms with Gasteiger partial charge >= 0.3 is 5.69 Å². The van der Waals surface area contributed by atoms with E-state index in [1.807, 2.05) is 49.6 Å². The van der Waals surface area contributed by atoms with Gasteiger partial charge in [-0.15, -0.1) is 11.3 Å². The number of hydrogen-bond donors (Lipinski definition) is 1. The molecule has 31 heavy (non-hydrogen) atoms. The van der Waals surface area contributed by atoms with E-state index in [4.69, 9.17) is 16.0 Å². The average Bonchev–Trinajstić information content (AvgIpc) is 3.31. The molecule has 0 fully saturated rings. The molecule has 4 aromatic rings. The second kappa shape index (κ2) is 8.37. The van der Waals surface area contributed by atoms with Crippen LogP contribution in [0.1, 0.15) is 19.4 Å². The van der Waals surface area contributed by atoms with Gasteiger partial charge in [0, 0.05) is 33.5 Å². The van der Waals surface area contributed by atoms with E-state index in [0.29, 0.717) is 16.3 Å². The van der Waals surface area contributed by atoms with E-state index < -0.39 is 16.4 Å². The summed E-state index contributed by atoms with van der Waals surface area (Å²) in [6.45, 7) is 3.89. The lowest BCUT2D eigenvalue weighted by Crippen LogP contribution is -2.14. The Morgan fingerprint density at radius 3 is 2.77 bits per heavy atom. The minimum absolute atomic E-state index is 0.0179. The number of furan rings is 1. The molecule has 0 saturated carbocycles. The molecule has 0 aliphatic carbocycles. The van der Waals surface area contributed by atoms with Gasteiger partial charge in [0.1, 0.15) is 11.3 Å². The zero-order valence-electron chi connectivity index (χ0n) is 16.5. The lowest BCUT2D eigenvalue weighted by atomic mass is 10.2. The van der Waals surface area contributed by atoms with Crippen LogP contribution in [0.4, 0.5) is 5.69 Å². The van der Waals surface area contributed by atoms with Gasteiger partial charge in [-0.05, 0) is 32.0 Å². The van der Waals surface area contributed by atoms with Gasteiger partial charge in [0.2, 0.25) is 10.6 Å². The van der Waals surface area contributed by atoms with Crippen LogP contribution in [-0.2, 0) is 0 Å². The van der Waals surface area contributed by atoms with Crippen LogP contribution < -0.4 is 4.80 Å². The van der Waals surface area contributed by atoms with Crippen molar-refractivity contribution in [2.75, 3.05) is 0 Å². The lowest BCUT2D eigenvalue weighted by Gasteiger charge is -2.04. The third kappa shape index (κ3) is 4.23. The molecule has 0 amide bonds. The van der Waals surface area contributed by atoms with Crippen LogP contribution in [-0.4, -0.2) is 27.0 Å². The highest BCUT2D eigenvalue weighted by molar-refractivity contribution is 7.07. The fourth-order valence-electron chi connectivity index (χ4n) is 2.96. The zero-order chi connectivity index (χ0) is 22.1. The third-order valence-electron chi connectivity index (χ3n) is 4.32. The molecule has 0 saturated heterocycles. The van der Waals surface area contributed by atoms with Crippen LogP contribution in [0.25, 0.3) is 22.4 Å². The van der Waals surface area contributed by atoms with Gasteiger partial charge in [0.15, 0.2) is 5.76 Å². The van der Waals surface area contributed by atoms with Gasteiger partial charge in [0.25, 0.3) is 0 Å². The number of aromatic nitrogens is 1. The Labute approximate surface area is 185 Å². The Morgan fingerprint density at radius 2 is 2.06 bits per heavy atom. The first-order valence-corrected chi connectivity index (χ1v) is 10.5. The summed E-state index contributed by atoms with van der Waals surface area (Å²) in [6.07, 6.45) is 1.31. The monoisotopic (exact) mass is 456 g/mol. The molecule has 8 nitrogen and oxygen atoms in total. The molecule has 10 heteroatoms. The number of rotatable bonds is 5. The summed E-state index contributed by atoms with van der Waals surface area (Å²) in [5, 5.41) is 28.8. The summed E-state index contributed by atoms with van der Waals surface area (Å²) in [7, 11) is 0. The molecular formula is C21H17ClN4O4S. The summed E-state index contributed by atoms with van der Waals surface area (Å²) < 4.78 is 7.55. The molecule has 0 radical (unpaired) electrons. The van der Waals surface area contributed by atoms with Crippen LogP contribution in [0.15, 0.2) is 62.4 Å². The molecule has 2 aromatic heterocycles. The maximum absolute atomic E-state index is 11.2. The number of fused-ring (bicyclic) bond motifs is 1. The van der Waals surface area contributed by atoms with E-state index in [0.717, 1.165) is 17.0 Å². The molecule has 0 bridgehead atoms. The van der Waals surface area contributed by atoms with Crippen molar-refractivity contribution in [1.82, 2.24) is 4.68 Å². The molecule has 0 atom stereocenters. The molecule has 158 valence electrons. The topological polar surface area (TPSA) is 106 Å². The fourth-order valence-corrected chi connectivity index (χ4v) is 4.13. The van der Waals surface area contributed by atoms with E-state index in [1.165, 1.54) is 23.6 Å². The Kier molecular flexibility index (Phi) is 5.62. The van der Waals surface area contributed by atoms with Gasteiger partial charge in [-0.25, -0.2) is 4.68 Å². The number of nitro benzene ring substituents is 1. The average molecular weight is 457 g/mol. The molecule has 4 rings (SSSR count). The summed E-state index contributed by atoms with van der Waals surface area (Å²) in [6, 6.07) is 12.1. The minimum atomic E-state index is -0.699. The smallest absolute Gasteiger partial charge is 0.312 e. The van der Waals surface area contributed by atoms with Crippen LogP contribution in [0.2, 0.25) is 5.02 Å². The number of halogens is 1. The van der Waals surface area contributed by atoms with Crippen LogP contribution in [0.3, 0.4) is 0 Å². The van der Waals surface area contributed by atoms with Gasteiger partial charge in [-0.3, -0.25) is 15.1 Å². The minimum Gasteiger partial charge on any atom is -0.502 e. The first-order chi connectivity index (χ1) is 14.8. The first-order valence-electron chi connectivity index (χ1n) is 9.28. The van der Waals surface area contributed by atoms with Gasteiger partial charge in [-0.1, -0.05) is 29.8 Å². The number of nitrogens with zero attached hydrogens (tertiary/aromatic N) is 4. The fraction of sp³-hybridized carbons (Fsp3) is 0.143. The predicted octanol–water partition coefficient (Wildman–Crippen LogP) is 5.42. The number of para-hydroxylation sites is 1. The number of phenols is 1. The standard InChI is InChI=1S/C21H17ClN4O4S/c1-12(2)24-21-25(23-10-14-7-15(22)9-16(20(14)27)26(28)29)17(11-31-21)19-8-13-5-3-4-6-18(13)30-19/h3-12,27H,1-2H3. The number of nitro groups is 1. The van der Waals surface area contributed by atoms with Crippen LogP contribution in [0, 0.1) is 10.1 Å². The van der Waals surface area contributed by atoms with Crippen molar-refractivity contribution in [2.45, 2.75) is 19.9 Å². The van der Waals surface area contributed by atoms with Crippen LogP contribution in [0.5, 0.6) is 5.75 Å². The normalized spacial score (nSPS) is 12.5. The molecule has 0 unspecified atom stereocenters. The Morgan fingerprint density at radius 1 is 1.29 bits per heavy atom. The van der Waals surface area contributed by atoms with Crippen molar-refractivity contribution in [3.05, 3.63) is 73.3 Å². The SMILES string of the molecule is CC(C)N=c1scc(-c2cc3ccccc3o2)n1N=Cc1cc(Cl)cc([N+](=O)[O-])c1O. The van der Waals surface area contributed by atoms with E-state index in [2.05, 4.69) is 10.1 Å². The van der Waals surface area contributed by atoms with E-state index >= 15 is 0 Å². The van der Waals surface area contributed by atoms with E-state index in [-0.39, 0.29) is 16.6 Å². The summed E-state index contributed by atoms with van der Waals surface area (Å²) in [4.78, 5) is 15.7. The number of phenolic OH excluding ortho intramolecular Hbond substituents is 1. The number of hydrogen-bond acceptors (Lipinski definition) is 7. The van der Waals surface area contributed by atoms with Gasteiger partial charge < -0.3 is 9.52 Å². The highest BCUT2D eigenvalue weighted by atomic mass is 35.5. The largest absolute Gasteiger partial charge is 0.502 e. The zero-order valence-corrected chi connectivity index (χ0v) is 18.1. The van der Waals surface area contributed by atoms with Crippen molar-refractivity contribution < 1.29 is 14.4 Å². The molecule has 0 aliphatic heterocycles. The van der Waals surface area contributed by atoms with E-state index in [1.54, 1.807) is 4.68 Å². The highest BCUT2D eigenvalue weighted by Crippen LogP contribution is 2.32. The molecule has 2 aromatic carbocycles. The molecule has 0 spiro atoms.